The van der Waals surface area contributed by atoms with Gasteiger partial charge in [0, 0.05) is 23.1 Å². The second-order valence-corrected chi connectivity index (χ2v) is 8.08. The maximum absolute atomic E-state index is 12.4. The van der Waals surface area contributed by atoms with Gasteiger partial charge in [0.05, 0.1) is 12.3 Å². The minimum atomic E-state index is -3.64. The van der Waals surface area contributed by atoms with E-state index in [0.29, 0.717) is 23.7 Å². The summed E-state index contributed by atoms with van der Waals surface area (Å²) in [6.07, 6.45) is 3.55. The molecule has 0 saturated carbocycles. The van der Waals surface area contributed by atoms with Gasteiger partial charge >= 0.3 is 5.97 Å². The summed E-state index contributed by atoms with van der Waals surface area (Å²) >= 11 is 5.89. The lowest BCUT2D eigenvalue weighted by Gasteiger charge is -2.22. The number of halogens is 1. The topological polar surface area (TPSA) is 63.7 Å². The van der Waals surface area contributed by atoms with Crippen molar-refractivity contribution >= 4 is 39.4 Å². The lowest BCUT2D eigenvalue weighted by atomic mass is 10.1. The summed E-state index contributed by atoms with van der Waals surface area (Å²) in [6, 6.07) is 14.1. The lowest BCUT2D eigenvalue weighted by molar-refractivity contribution is -0.137. The third kappa shape index (κ3) is 6.25. The molecule has 0 aliphatic rings. The van der Waals surface area contributed by atoms with Gasteiger partial charge < -0.3 is 4.74 Å². The van der Waals surface area contributed by atoms with Gasteiger partial charge in [0.15, 0.2) is 0 Å². The average Bonchev–Trinajstić information content (AvgIpc) is 2.69. The van der Waals surface area contributed by atoms with Crippen molar-refractivity contribution < 1.29 is 17.9 Å². The molecular formula is C21H22ClNO4S. The minimum absolute atomic E-state index is 0.258. The van der Waals surface area contributed by atoms with Crippen molar-refractivity contribution in [3.63, 3.8) is 0 Å². The highest BCUT2D eigenvalue weighted by atomic mass is 35.5. The molecule has 0 aliphatic carbocycles. The zero-order valence-corrected chi connectivity index (χ0v) is 17.1. The first-order valence-electron chi connectivity index (χ1n) is 8.70. The van der Waals surface area contributed by atoms with Gasteiger partial charge in [-0.05, 0) is 54.8 Å². The number of benzene rings is 2. The van der Waals surface area contributed by atoms with E-state index in [1.807, 2.05) is 24.3 Å². The highest BCUT2D eigenvalue weighted by molar-refractivity contribution is 7.95. The Morgan fingerprint density at radius 2 is 1.79 bits per heavy atom. The Kier molecular flexibility index (Phi) is 7.84. The summed E-state index contributed by atoms with van der Waals surface area (Å²) in [6.45, 7) is 5.75. The number of rotatable bonds is 9. The first kappa shape index (κ1) is 21.7. The molecule has 0 aliphatic heterocycles. The van der Waals surface area contributed by atoms with E-state index in [1.165, 1.54) is 10.4 Å². The third-order valence-electron chi connectivity index (χ3n) is 3.91. The number of esters is 1. The Balaban J connectivity index is 2.09. The Morgan fingerprint density at radius 3 is 2.36 bits per heavy atom. The van der Waals surface area contributed by atoms with Crippen LogP contribution < -0.4 is 4.31 Å². The smallest absolute Gasteiger partial charge is 0.330 e. The molecule has 0 atom stereocenters. The highest BCUT2D eigenvalue weighted by Crippen LogP contribution is 2.22. The van der Waals surface area contributed by atoms with Crippen LogP contribution in [0.1, 0.15) is 18.1 Å². The predicted octanol–water partition coefficient (Wildman–Crippen LogP) is 4.44. The molecule has 0 radical (unpaired) electrons. The fraction of sp³-hybridized carbons (Fsp3) is 0.190. The molecule has 2 aromatic rings. The molecule has 0 N–H and O–H groups in total. The summed E-state index contributed by atoms with van der Waals surface area (Å²) < 4.78 is 30.9. The first-order chi connectivity index (χ1) is 13.4. The van der Waals surface area contributed by atoms with Crippen LogP contribution >= 0.6 is 11.6 Å². The molecule has 0 heterocycles. The van der Waals surface area contributed by atoms with Gasteiger partial charge in [-0.25, -0.2) is 13.2 Å². The molecule has 0 unspecified atom stereocenters. The zero-order chi connectivity index (χ0) is 20.6. The maximum Gasteiger partial charge on any atom is 0.330 e. The van der Waals surface area contributed by atoms with Crippen LogP contribution in [0.15, 0.2) is 66.6 Å². The van der Waals surface area contributed by atoms with Crippen LogP contribution in [-0.4, -0.2) is 27.5 Å². The van der Waals surface area contributed by atoms with Crippen molar-refractivity contribution in [1.29, 1.82) is 0 Å². The normalized spacial score (nSPS) is 11.4. The number of carbonyl (C=O) groups is 1. The second kappa shape index (κ2) is 10.1. The predicted molar refractivity (Wildman–Crippen MR) is 114 cm³/mol. The van der Waals surface area contributed by atoms with Crippen LogP contribution in [0.2, 0.25) is 5.02 Å². The molecule has 0 aromatic heterocycles. The molecule has 0 spiro atoms. The minimum Gasteiger partial charge on any atom is -0.463 e. The Hall–Kier alpha value is -2.57. The van der Waals surface area contributed by atoms with Crippen LogP contribution in [-0.2, 0) is 26.0 Å². The van der Waals surface area contributed by atoms with E-state index in [9.17, 15) is 13.2 Å². The summed E-state index contributed by atoms with van der Waals surface area (Å²) in [5, 5.41) is 1.47. The SMILES string of the molecule is C=CS(=O)(=O)N(CCc1ccc(C=CC(=O)OCC)cc1)c1ccc(Cl)cc1. The van der Waals surface area contributed by atoms with Crippen LogP contribution in [0.3, 0.4) is 0 Å². The van der Waals surface area contributed by atoms with Gasteiger partial charge in [0.1, 0.15) is 0 Å². The molecule has 0 amide bonds. The molecule has 2 rings (SSSR count). The van der Waals surface area contributed by atoms with Gasteiger partial charge in [-0.15, -0.1) is 0 Å². The molecule has 148 valence electrons. The van der Waals surface area contributed by atoms with Crippen molar-refractivity contribution in [2.45, 2.75) is 13.3 Å². The van der Waals surface area contributed by atoms with Crippen molar-refractivity contribution in [3.05, 3.63) is 82.7 Å². The van der Waals surface area contributed by atoms with E-state index < -0.39 is 10.0 Å². The average molecular weight is 420 g/mol. The maximum atomic E-state index is 12.4. The molecule has 0 saturated heterocycles. The van der Waals surface area contributed by atoms with Gasteiger partial charge in [-0.2, -0.15) is 0 Å². The van der Waals surface area contributed by atoms with Gasteiger partial charge in [-0.1, -0.05) is 42.4 Å². The quantitative estimate of drug-likeness (QED) is 0.445. The lowest BCUT2D eigenvalue weighted by Crippen LogP contribution is -2.31. The fourth-order valence-electron chi connectivity index (χ4n) is 2.48. The number of hydrogen-bond donors (Lipinski definition) is 0. The monoisotopic (exact) mass is 419 g/mol. The van der Waals surface area contributed by atoms with E-state index in [-0.39, 0.29) is 12.5 Å². The van der Waals surface area contributed by atoms with Crippen LogP contribution in [0.25, 0.3) is 6.08 Å². The van der Waals surface area contributed by atoms with E-state index in [1.54, 1.807) is 37.3 Å². The molecule has 2 aromatic carbocycles. The number of anilines is 1. The van der Waals surface area contributed by atoms with E-state index in [4.69, 9.17) is 16.3 Å². The van der Waals surface area contributed by atoms with Crippen molar-refractivity contribution in [3.8, 4) is 0 Å². The summed E-state index contributed by atoms with van der Waals surface area (Å²) in [5.41, 5.74) is 2.34. The molecule has 5 nitrogen and oxygen atoms in total. The van der Waals surface area contributed by atoms with Crippen molar-refractivity contribution in [2.75, 3.05) is 17.5 Å². The largest absolute Gasteiger partial charge is 0.463 e. The Bertz CT molecular complexity index is 935. The second-order valence-electron chi connectivity index (χ2n) is 5.84. The van der Waals surface area contributed by atoms with Crippen molar-refractivity contribution in [1.82, 2.24) is 0 Å². The van der Waals surface area contributed by atoms with E-state index in [2.05, 4.69) is 6.58 Å². The molecule has 28 heavy (non-hydrogen) atoms. The third-order valence-corrected chi connectivity index (χ3v) is 5.60. The van der Waals surface area contributed by atoms with Gasteiger partial charge in [0.25, 0.3) is 10.0 Å². The summed E-state index contributed by atoms with van der Waals surface area (Å²) in [7, 11) is -3.64. The number of carbonyl (C=O) groups excluding carboxylic acids is 1. The van der Waals surface area contributed by atoms with Crippen molar-refractivity contribution in [2.24, 2.45) is 0 Å². The van der Waals surface area contributed by atoms with Crippen LogP contribution in [0.5, 0.6) is 0 Å². The number of hydrogen-bond acceptors (Lipinski definition) is 4. The number of nitrogens with zero attached hydrogens (tertiary/aromatic N) is 1. The van der Waals surface area contributed by atoms with Crippen LogP contribution in [0, 0.1) is 0 Å². The number of sulfonamides is 1. The number of ether oxygens (including phenoxy) is 1. The summed E-state index contributed by atoms with van der Waals surface area (Å²) in [4.78, 5) is 11.4. The molecule has 0 fully saturated rings. The van der Waals surface area contributed by atoms with Crippen LogP contribution in [0.4, 0.5) is 5.69 Å². The highest BCUT2D eigenvalue weighted by Gasteiger charge is 2.19. The molecule has 7 heteroatoms. The zero-order valence-electron chi connectivity index (χ0n) is 15.5. The molecular weight excluding hydrogens is 398 g/mol. The standard InChI is InChI=1S/C21H22ClNO4S/c1-3-27-21(24)14-9-17-5-7-18(8-6-17)15-16-23(28(25,26)4-2)20-12-10-19(22)11-13-20/h4-14H,2-3,15-16H2,1H3. The fourth-order valence-corrected chi connectivity index (χ4v) is 3.55. The summed E-state index contributed by atoms with van der Waals surface area (Å²) in [5.74, 6) is -0.389. The first-order valence-corrected chi connectivity index (χ1v) is 10.6. The van der Waals surface area contributed by atoms with Gasteiger partial charge in [-0.3, -0.25) is 4.31 Å². The van der Waals surface area contributed by atoms with E-state index >= 15 is 0 Å². The molecule has 0 bridgehead atoms. The Morgan fingerprint density at radius 1 is 1.14 bits per heavy atom. The Labute approximate surface area is 170 Å². The van der Waals surface area contributed by atoms with E-state index in [0.717, 1.165) is 16.5 Å². The van der Waals surface area contributed by atoms with Gasteiger partial charge in [0.2, 0.25) is 0 Å².